The molecule has 3 rings (SSSR count). The zero-order chi connectivity index (χ0) is 15.4. The highest BCUT2D eigenvalue weighted by Crippen LogP contribution is 2.30. The number of thiazole rings is 1. The summed E-state index contributed by atoms with van der Waals surface area (Å²) in [7, 11) is 0. The SMILES string of the molecule is CC(C)CNc1nccc(-c2cnc(N3CCOCC3)s2)n1. The first-order chi connectivity index (χ1) is 10.7. The molecule has 1 fully saturated rings. The number of hydrogen-bond acceptors (Lipinski definition) is 7. The Morgan fingerprint density at radius 3 is 2.91 bits per heavy atom. The number of hydrogen-bond donors (Lipinski definition) is 1. The molecule has 6 nitrogen and oxygen atoms in total. The van der Waals surface area contributed by atoms with E-state index < -0.39 is 0 Å². The molecule has 2 aromatic rings. The highest BCUT2D eigenvalue weighted by atomic mass is 32.1. The van der Waals surface area contributed by atoms with Crippen LogP contribution in [0, 0.1) is 5.92 Å². The molecule has 0 aliphatic carbocycles. The Bertz CT molecular complexity index is 609. The van der Waals surface area contributed by atoms with Crippen LogP contribution in [0.1, 0.15) is 13.8 Å². The van der Waals surface area contributed by atoms with E-state index in [0.717, 1.165) is 48.6 Å². The molecule has 3 heterocycles. The number of aromatic nitrogens is 3. The second-order valence-electron chi connectivity index (χ2n) is 5.65. The van der Waals surface area contributed by atoms with Crippen molar-refractivity contribution >= 4 is 22.4 Å². The van der Waals surface area contributed by atoms with E-state index in [1.165, 1.54) is 0 Å². The molecular formula is C15H21N5OS. The lowest BCUT2D eigenvalue weighted by Gasteiger charge is -2.25. The van der Waals surface area contributed by atoms with Crippen molar-refractivity contribution in [2.45, 2.75) is 13.8 Å². The van der Waals surface area contributed by atoms with Gasteiger partial charge in [-0.15, -0.1) is 0 Å². The molecular weight excluding hydrogens is 298 g/mol. The van der Waals surface area contributed by atoms with E-state index in [1.54, 1.807) is 17.5 Å². The van der Waals surface area contributed by atoms with Crippen molar-refractivity contribution in [2.24, 2.45) is 5.92 Å². The van der Waals surface area contributed by atoms with E-state index in [2.05, 4.69) is 39.0 Å². The minimum atomic E-state index is 0.559. The van der Waals surface area contributed by atoms with Gasteiger partial charge in [-0.2, -0.15) is 0 Å². The van der Waals surface area contributed by atoms with E-state index >= 15 is 0 Å². The topological polar surface area (TPSA) is 63.2 Å². The zero-order valence-corrected chi connectivity index (χ0v) is 13.8. The second kappa shape index (κ2) is 7.02. The van der Waals surface area contributed by atoms with Crippen LogP contribution in [0.2, 0.25) is 0 Å². The van der Waals surface area contributed by atoms with Crippen LogP contribution in [0.4, 0.5) is 11.1 Å². The fraction of sp³-hybridized carbons (Fsp3) is 0.533. The van der Waals surface area contributed by atoms with Crippen molar-refractivity contribution < 1.29 is 4.74 Å². The molecule has 118 valence electrons. The molecule has 0 radical (unpaired) electrons. The molecule has 0 unspecified atom stereocenters. The van der Waals surface area contributed by atoms with E-state index in [0.29, 0.717) is 11.9 Å². The summed E-state index contributed by atoms with van der Waals surface area (Å²) in [6, 6.07) is 1.93. The van der Waals surface area contributed by atoms with Gasteiger partial charge in [-0.3, -0.25) is 0 Å². The van der Waals surface area contributed by atoms with Gasteiger partial charge in [-0.25, -0.2) is 15.0 Å². The van der Waals surface area contributed by atoms with Gasteiger partial charge in [0.15, 0.2) is 5.13 Å². The molecule has 1 N–H and O–H groups in total. The Hall–Kier alpha value is -1.73. The summed E-state index contributed by atoms with van der Waals surface area (Å²) in [6.07, 6.45) is 3.68. The van der Waals surface area contributed by atoms with Crippen molar-refractivity contribution in [1.29, 1.82) is 0 Å². The molecule has 1 aliphatic rings. The average molecular weight is 319 g/mol. The van der Waals surface area contributed by atoms with Gasteiger partial charge in [0.25, 0.3) is 0 Å². The standard InChI is InChI=1S/C15H21N5OS/c1-11(2)9-17-14-16-4-3-12(19-14)13-10-18-15(22-13)20-5-7-21-8-6-20/h3-4,10-11H,5-9H2,1-2H3,(H,16,17,19). The molecule has 0 amide bonds. The lowest BCUT2D eigenvalue weighted by Crippen LogP contribution is -2.36. The Kier molecular flexibility index (Phi) is 4.84. The first-order valence-electron chi connectivity index (χ1n) is 7.58. The molecule has 0 aromatic carbocycles. The van der Waals surface area contributed by atoms with E-state index in [4.69, 9.17) is 4.74 Å². The van der Waals surface area contributed by atoms with Crippen LogP contribution in [0.5, 0.6) is 0 Å². The summed E-state index contributed by atoms with van der Waals surface area (Å²) in [5.41, 5.74) is 0.915. The summed E-state index contributed by atoms with van der Waals surface area (Å²) < 4.78 is 5.38. The van der Waals surface area contributed by atoms with Crippen molar-refractivity contribution in [3.63, 3.8) is 0 Å². The maximum atomic E-state index is 5.38. The van der Waals surface area contributed by atoms with Crippen molar-refractivity contribution in [2.75, 3.05) is 43.1 Å². The van der Waals surface area contributed by atoms with Crippen LogP contribution in [0.15, 0.2) is 18.5 Å². The fourth-order valence-electron chi connectivity index (χ4n) is 2.16. The molecule has 0 spiro atoms. The molecule has 1 aliphatic heterocycles. The first-order valence-corrected chi connectivity index (χ1v) is 8.40. The molecule has 1 saturated heterocycles. The monoisotopic (exact) mass is 319 g/mol. The first kappa shape index (κ1) is 15.2. The van der Waals surface area contributed by atoms with Crippen LogP contribution >= 0.6 is 11.3 Å². The third-order valence-corrected chi connectivity index (χ3v) is 4.43. The van der Waals surface area contributed by atoms with Crippen molar-refractivity contribution in [3.8, 4) is 10.6 Å². The lowest BCUT2D eigenvalue weighted by molar-refractivity contribution is 0.122. The Balaban J connectivity index is 1.73. The van der Waals surface area contributed by atoms with Crippen LogP contribution in [-0.4, -0.2) is 47.8 Å². The quantitative estimate of drug-likeness (QED) is 0.913. The molecule has 0 saturated carbocycles. The minimum Gasteiger partial charge on any atom is -0.378 e. The predicted molar refractivity (Wildman–Crippen MR) is 89.5 cm³/mol. The summed E-state index contributed by atoms with van der Waals surface area (Å²) in [5.74, 6) is 1.23. The minimum absolute atomic E-state index is 0.559. The van der Waals surface area contributed by atoms with Crippen LogP contribution in [0.3, 0.4) is 0 Å². The molecule has 22 heavy (non-hydrogen) atoms. The van der Waals surface area contributed by atoms with Crippen molar-refractivity contribution in [3.05, 3.63) is 18.5 Å². The number of anilines is 2. The van der Waals surface area contributed by atoms with E-state index in [1.807, 2.05) is 12.3 Å². The van der Waals surface area contributed by atoms with Crippen LogP contribution < -0.4 is 10.2 Å². The molecule has 7 heteroatoms. The van der Waals surface area contributed by atoms with Crippen molar-refractivity contribution in [1.82, 2.24) is 15.0 Å². The zero-order valence-electron chi connectivity index (χ0n) is 13.0. The number of rotatable bonds is 5. The predicted octanol–water partition coefficient (Wildman–Crippen LogP) is 2.50. The Morgan fingerprint density at radius 1 is 1.32 bits per heavy atom. The molecule has 0 atom stereocenters. The number of nitrogens with one attached hydrogen (secondary N) is 1. The van der Waals surface area contributed by atoms with E-state index in [-0.39, 0.29) is 0 Å². The van der Waals surface area contributed by atoms with Gasteiger partial charge < -0.3 is 15.0 Å². The van der Waals surface area contributed by atoms with Crippen LogP contribution in [0.25, 0.3) is 10.6 Å². The molecule has 0 bridgehead atoms. The third kappa shape index (κ3) is 3.72. The second-order valence-corrected chi connectivity index (χ2v) is 6.66. The van der Waals surface area contributed by atoms with Gasteiger partial charge in [0.05, 0.1) is 23.8 Å². The highest BCUT2D eigenvalue weighted by molar-refractivity contribution is 7.18. The van der Waals surface area contributed by atoms with Gasteiger partial charge in [-0.05, 0) is 12.0 Å². The maximum Gasteiger partial charge on any atom is 0.223 e. The third-order valence-electron chi connectivity index (χ3n) is 3.35. The Morgan fingerprint density at radius 2 is 2.14 bits per heavy atom. The van der Waals surface area contributed by atoms with Gasteiger partial charge in [0, 0.05) is 32.0 Å². The smallest absolute Gasteiger partial charge is 0.223 e. The largest absolute Gasteiger partial charge is 0.378 e. The van der Waals surface area contributed by atoms with Gasteiger partial charge in [0.1, 0.15) is 0 Å². The van der Waals surface area contributed by atoms with Gasteiger partial charge in [0.2, 0.25) is 5.95 Å². The number of morpholine rings is 1. The van der Waals surface area contributed by atoms with Gasteiger partial charge in [-0.1, -0.05) is 25.2 Å². The highest BCUT2D eigenvalue weighted by Gasteiger charge is 2.15. The summed E-state index contributed by atoms with van der Waals surface area (Å²) in [4.78, 5) is 16.7. The van der Waals surface area contributed by atoms with Gasteiger partial charge >= 0.3 is 0 Å². The van der Waals surface area contributed by atoms with Crippen LogP contribution in [-0.2, 0) is 4.74 Å². The Labute approximate surface area is 134 Å². The fourth-order valence-corrected chi connectivity index (χ4v) is 3.10. The number of nitrogens with zero attached hydrogens (tertiary/aromatic N) is 4. The summed E-state index contributed by atoms with van der Waals surface area (Å²) in [6.45, 7) is 8.53. The summed E-state index contributed by atoms with van der Waals surface area (Å²) in [5, 5.41) is 4.30. The lowest BCUT2D eigenvalue weighted by atomic mass is 10.2. The normalized spacial score (nSPS) is 15.3. The number of ether oxygens (including phenoxy) is 1. The average Bonchev–Trinajstić information content (AvgIpc) is 3.04. The maximum absolute atomic E-state index is 5.38. The summed E-state index contributed by atoms with van der Waals surface area (Å²) >= 11 is 1.67. The molecule has 2 aromatic heterocycles. The van der Waals surface area contributed by atoms with E-state index in [9.17, 15) is 0 Å².